The van der Waals surface area contributed by atoms with Crippen molar-refractivity contribution >= 4 is 11.7 Å². The number of anilines is 1. The zero-order chi connectivity index (χ0) is 17.1. The highest BCUT2D eigenvalue weighted by molar-refractivity contribution is 5.74. The standard InChI is InChI=1S/C19H29N3O2/c1-4-24-18-7-5-17(6-8-18)21-10-15-12-22(13-16(15)11-21)19(23)20-9-14(2)3/h5-8,14-16H,4,9-13H2,1-3H3,(H,20,23)/t15-,16+. The largest absolute Gasteiger partial charge is 0.494 e. The van der Waals surface area contributed by atoms with Crippen LogP contribution in [0.4, 0.5) is 10.5 Å². The number of rotatable bonds is 5. The van der Waals surface area contributed by atoms with E-state index in [4.69, 9.17) is 4.74 Å². The molecule has 1 aromatic rings. The second-order valence-electron chi connectivity index (χ2n) is 7.34. The molecule has 5 nitrogen and oxygen atoms in total. The summed E-state index contributed by atoms with van der Waals surface area (Å²) in [4.78, 5) is 16.7. The van der Waals surface area contributed by atoms with Gasteiger partial charge >= 0.3 is 6.03 Å². The van der Waals surface area contributed by atoms with Crippen molar-refractivity contribution < 1.29 is 9.53 Å². The van der Waals surface area contributed by atoms with Gasteiger partial charge in [-0.2, -0.15) is 0 Å². The van der Waals surface area contributed by atoms with Crippen LogP contribution in [-0.4, -0.2) is 50.3 Å². The van der Waals surface area contributed by atoms with Crippen molar-refractivity contribution in [3.63, 3.8) is 0 Å². The molecule has 5 heteroatoms. The maximum absolute atomic E-state index is 12.2. The van der Waals surface area contributed by atoms with E-state index in [2.05, 4.69) is 36.2 Å². The van der Waals surface area contributed by atoms with Gasteiger partial charge in [0.2, 0.25) is 0 Å². The first-order chi connectivity index (χ1) is 11.6. The molecule has 0 aromatic heterocycles. The Morgan fingerprint density at radius 1 is 1.17 bits per heavy atom. The van der Waals surface area contributed by atoms with Gasteiger partial charge < -0.3 is 19.9 Å². The summed E-state index contributed by atoms with van der Waals surface area (Å²) in [5, 5.41) is 3.03. The Bertz CT molecular complexity index is 544. The Kier molecular flexibility index (Phi) is 5.17. The number of carbonyl (C=O) groups excluding carboxylic acids is 1. The molecule has 2 amide bonds. The summed E-state index contributed by atoms with van der Waals surface area (Å²) in [5.41, 5.74) is 1.25. The van der Waals surface area contributed by atoms with E-state index >= 15 is 0 Å². The highest BCUT2D eigenvalue weighted by Crippen LogP contribution is 2.34. The van der Waals surface area contributed by atoms with Crippen molar-refractivity contribution in [2.45, 2.75) is 20.8 Å². The maximum atomic E-state index is 12.2. The molecule has 2 aliphatic heterocycles. The molecule has 0 aliphatic carbocycles. The molecule has 0 unspecified atom stereocenters. The normalized spacial score (nSPS) is 22.8. The monoisotopic (exact) mass is 331 g/mol. The van der Waals surface area contributed by atoms with E-state index in [9.17, 15) is 4.79 Å². The van der Waals surface area contributed by atoms with Crippen LogP contribution in [0.2, 0.25) is 0 Å². The van der Waals surface area contributed by atoms with Crippen LogP contribution < -0.4 is 15.0 Å². The zero-order valence-electron chi connectivity index (χ0n) is 15.0. The van der Waals surface area contributed by atoms with Crippen LogP contribution in [0.15, 0.2) is 24.3 Å². The average molecular weight is 331 g/mol. The van der Waals surface area contributed by atoms with Gasteiger partial charge in [0.1, 0.15) is 5.75 Å². The minimum atomic E-state index is 0.103. The molecule has 0 spiro atoms. The summed E-state index contributed by atoms with van der Waals surface area (Å²) in [6.07, 6.45) is 0. The summed E-state index contributed by atoms with van der Waals surface area (Å²) in [5.74, 6) is 2.59. The van der Waals surface area contributed by atoms with Gasteiger partial charge in [-0.05, 0) is 37.1 Å². The lowest BCUT2D eigenvalue weighted by atomic mass is 10.0. The van der Waals surface area contributed by atoms with Crippen LogP contribution >= 0.6 is 0 Å². The molecule has 2 atom stereocenters. The number of benzene rings is 1. The van der Waals surface area contributed by atoms with Crippen LogP contribution in [0.3, 0.4) is 0 Å². The average Bonchev–Trinajstić information content (AvgIpc) is 3.12. The second-order valence-corrected chi connectivity index (χ2v) is 7.34. The molecule has 24 heavy (non-hydrogen) atoms. The minimum absolute atomic E-state index is 0.103. The van der Waals surface area contributed by atoms with Crippen molar-refractivity contribution in [3.8, 4) is 5.75 Å². The summed E-state index contributed by atoms with van der Waals surface area (Å²) < 4.78 is 5.51. The van der Waals surface area contributed by atoms with Gasteiger partial charge in [0.15, 0.2) is 0 Å². The number of urea groups is 1. The highest BCUT2D eigenvalue weighted by Gasteiger charge is 2.41. The van der Waals surface area contributed by atoms with Crippen LogP contribution in [0.1, 0.15) is 20.8 Å². The summed E-state index contributed by atoms with van der Waals surface area (Å²) in [6, 6.07) is 8.46. The summed E-state index contributed by atoms with van der Waals surface area (Å²) in [7, 11) is 0. The smallest absolute Gasteiger partial charge is 0.317 e. The SMILES string of the molecule is CCOc1ccc(N2C[C@H]3CN(C(=O)NCC(C)C)C[C@H]3C2)cc1. The van der Waals surface area contributed by atoms with E-state index in [1.54, 1.807) is 0 Å². The third-order valence-electron chi connectivity index (χ3n) is 4.95. The highest BCUT2D eigenvalue weighted by atomic mass is 16.5. The molecule has 2 fully saturated rings. The summed E-state index contributed by atoms with van der Waals surface area (Å²) in [6.45, 7) is 11.5. The van der Waals surface area contributed by atoms with Crippen LogP contribution in [0.25, 0.3) is 0 Å². The van der Waals surface area contributed by atoms with Crippen molar-refractivity contribution in [1.82, 2.24) is 10.2 Å². The zero-order valence-corrected chi connectivity index (χ0v) is 15.0. The molecule has 0 radical (unpaired) electrons. The first-order valence-corrected chi connectivity index (χ1v) is 9.07. The predicted octanol–water partition coefficient (Wildman–Crippen LogP) is 2.82. The molecule has 0 bridgehead atoms. The number of amides is 2. The molecule has 1 N–H and O–H groups in total. The molecule has 3 rings (SSSR count). The molecule has 2 aliphatic rings. The van der Waals surface area contributed by atoms with E-state index < -0.39 is 0 Å². The Labute approximate surface area is 145 Å². The van der Waals surface area contributed by atoms with Crippen molar-refractivity contribution in [2.75, 3.05) is 44.2 Å². The van der Waals surface area contributed by atoms with E-state index in [1.165, 1.54) is 5.69 Å². The lowest BCUT2D eigenvalue weighted by molar-refractivity contribution is 0.204. The Balaban J connectivity index is 1.52. The summed E-state index contributed by atoms with van der Waals surface area (Å²) >= 11 is 0. The van der Waals surface area contributed by atoms with E-state index in [1.807, 2.05) is 24.0 Å². The maximum Gasteiger partial charge on any atom is 0.317 e. The number of hydrogen-bond donors (Lipinski definition) is 1. The van der Waals surface area contributed by atoms with Gasteiger partial charge in [-0.1, -0.05) is 13.8 Å². The van der Waals surface area contributed by atoms with Crippen molar-refractivity contribution in [1.29, 1.82) is 0 Å². The molecular weight excluding hydrogens is 302 g/mol. The van der Waals surface area contributed by atoms with Gasteiger partial charge in [0.25, 0.3) is 0 Å². The van der Waals surface area contributed by atoms with Gasteiger partial charge in [-0.3, -0.25) is 0 Å². The Morgan fingerprint density at radius 3 is 2.33 bits per heavy atom. The van der Waals surface area contributed by atoms with Gasteiger partial charge in [-0.25, -0.2) is 4.79 Å². The molecule has 2 heterocycles. The van der Waals surface area contributed by atoms with Crippen molar-refractivity contribution in [2.24, 2.45) is 17.8 Å². The number of hydrogen-bond acceptors (Lipinski definition) is 3. The fourth-order valence-electron chi connectivity index (χ4n) is 3.69. The van der Waals surface area contributed by atoms with Crippen LogP contribution in [0, 0.1) is 17.8 Å². The molecule has 0 saturated carbocycles. The number of nitrogens with zero attached hydrogens (tertiary/aromatic N) is 2. The quantitative estimate of drug-likeness (QED) is 0.902. The van der Waals surface area contributed by atoms with Crippen LogP contribution in [-0.2, 0) is 0 Å². The molecule has 2 saturated heterocycles. The number of fused-ring (bicyclic) bond motifs is 1. The van der Waals surface area contributed by atoms with Crippen molar-refractivity contribution in [3.05, 3.63) is 24.3 Å². The first-order valence-electron chi connectivity index (χ1n) is 9.07. The van der Waals surface area contributed by atoms with E-state index in [0.29, 0.717) is 24.4 Å². The molecular formula is C19H29N3O2. The second kappa shape index (κ2) is 7.32. The third-order valence-corrected chi connectivity index (χ3v) is 4.95. The molecule has 132 valence electrons. The van der Waals surface area contributed by atoms with E-state index in [0.717, 1.165) is 38.5 Å². The van der Waals surface area contributed by atoms with E-state index in [-0.39, 0.29) is 6.03 Å². The number of likely N-dealkylation sites (tertiary alicyclic amines) is 1. The lowest BCUT2D eigenvalue weighted by Gasteiger charge is -2.24. The topological polar surface area (TPSA) is 44.8 Å². The minimum Gasteiger partial charge on any atom is -0.494 e. The number of ether oxygens (including phenoxy) is 1. The van der Waals surface area contributed by atoms with Gasteiger partial charge in [0.05, 0.1) is 6.61 Å². The van der Waals surface area contributed by atoms with Gasteiger partial charge in [0, 0.05) is 50.2 Å². The fourth-order valence-corrected chi connectivity index (χ4v) is 3.69. The fraction of sp³-hybridized carbons (Fsp3) is 0.632. The first kappa shape index (κ1) is 16.9. The molecule has 1 aromatic carbocycles. The Morgan fingerprint density at radius 2 is 1.79 bits per heavy atom. The lowest BCUT2D eigenvalue weighted by Crippen LogP contribution is -2.41. The van der Waals surface area contributed by atoms with Gasteiger partial charge in [-0.15, -0.1) is 0 Å². The predicted molar refractivity (Wildman–Crippen MR) is 96.6 cm³/mol. The Hall–Kier alpha value is -1.91. The third kappa shape index (κ3) is 3.77. The number of carbonyl (C=O) groups is 1. The number of nitrogens with one attached hydrogen (secondary N) is 1. The van der Waals surface area contributed by atoms with Crippen LogP contribution in [0.5, 0.6) is 5.75 Å².